The fourth-order valence-corrected chi connectivity index (χ4v) is 4.90. The zero-order valence-electron chi connectivity index (χ0n) is 23.2. The molecule has 0 atom stereocenters. The molecule has 0 N–H and O–H groups in total. The summed E-state index contributed by atoms with van der Waals surface area (Å²) in [6.07, 6.45) is 0. The molecule has 2 heteroatoms. The van der Waals surface area contributed by atoms with Gasteiger partial charge < -0.3 is 0 Å². The molecule has 6 aromatic rings. The number of nitrogens with zero attached hydrogens (tertiary/aromatic N) is 2. The van der Waals surface area contributed by atoms with Crippen LogP contribution in [-0.4, -0.2) is 11.4 Å². The molecule has 0 aromatic heterocycles. The van der Waals surface area contributed by atoms with E-state index in [0.29, 0.717) is 0 Å². The maximum atomic E-state index is 5.49. The molecule has 0 aliphatic heterocycles. The minimum atomic E-state index is 0.800. The minimum absolute atomic E-state index is 0.800. The van der Waals surface area contributed by atoms with E-state index in [2.05, 4.69) is 146 Å². The van der Waals surface area contributed by atoms with Gasteiger partial charge in [0.2, 0.25) is 0 Å². The van der Waals surface area contributed by atoms with Gasteiger partial charge in [-0.15, -0.1) is 0 Å². The average molecular weight is 539 g/mol. The van der Waals surface area contributed by atoms with Gasteiger partial charge in [0.15, 0.2) is 0 Å². The molecular weight excluding hydrogens is 508 g/mol. The molecule has 0 aliphatic carbocycles. The van der Waals surface area contributed by atoms with Gasteiger partial charge in [0.1, 0.15) is 0 Å². The Morgan fingerprint density at radius 3 is 0.643 bits per heavy atom. The van der Waals surface area contributed by atoms with Crippen molar-refractivity contribution in [3.63, 3.8) is 0 Å². The highest BCUT2D eigenvalue weighted by atomic mass is 14.9. The molecule has 0 amide bonds. The number of aliphatic imine (C=N–C) groups is 2. The van der Waals surface area contributed by atoms with Crippen molar-refractivity contribution in [2.45, 2.75) is 0 Å². The Morgan fingerprint density at radius 1 is 0.238 bits per heavy atom. The highest BCUT2D eigenvalue weighted by molar-refractivity contribution is 6.18. The van der Waals surface area contributed by atoms with Crippen LogP contribution in [0.25, 0.3) is 11.4 Å². The number of rotatable bonds is 8. The largest absolute Gasteiger partial charge is 0.245 e. The predicted molar refractivity (Wildman–Crippen MR) is 177 cm³/mol. The molecule has 0 saturated heterocycles. The molecule has 42 heavy (non-hydrogen) atoms. The molecule has 6 aromatic carbocycles. The average Bonchev–Trinajstić information content (AvgIpc) is 3.09. The maximum absolute atomic E-state index is 5.49. The highest BCUT2D eigenvalue weighted by Gasteiger charge is 2.17. The second-order valence-corrected chi connectivity index (χ2v) is 9.81. The molecule has 0 spiro atoms. The Hall–Kier alpha value is -5.60. The summed E-state index contributed by atoms with van der Waals surface area (Å²) in [5.41, 5.74) is 9.52. The van der Waals surface area contributed by atoms with Gasteiger partial charge in [0.25, 0.3) is 0 Å². The summed E-state index contributed by atoms with van der Waals surface area (Å²) in [7, 11) is 0. The third-order valence-electron chi connectivity index (χ3n) is 6.95. The van der Waals surface area contributed by atoms with E-state index in [-0.39, 0.29) is 0 Å². The van der Waals surface area contributed by atoms with E-state index in [9.17, 15) is 0 Å². The van der Waals surface area contributed by atoms with Crippen molar-refractivity contribution < 1.29 is 0 Å². The van der Waals surface area contributed by atoms with Crippen LogP contribution in [0.3, 0.4) is 0 Å². The summed E-state index contributed by atoms with van der Waals surface area (Å²) >= 11 is 0. The van der Waals surface area contributed by atoms with E-state index in [4.69, 9.17) is 9.98 Å². The van der Waals surface area contributed by atoms with Gasteiger partial charge in [0, 0.05) is 33.4 Å². The van der Waals surface area contributed by atoms with Crippen molar-refractivity contribution in [2.24, 2.45) is 9.98 Å². The number of hydrogen-bond acceptors (Lipinski definition) is 2. The molecule has 0 aliphatic rings. The van der Waals surface area contributed by atoms with E-state index in [1.165, 1.54) is 0 Å². The number of hydrogen-bond donors (Lipinski definition) is 0. The summed E-state index contributed by atoms with van der Waals surface area (Å²) in [5, 5.41) is 0. The van der Waals surface area contributed by atoms with Crippen LogP contribution < -0.4 is 0 Å². The van der Waals surface area contributed by atoms with Crippen LogP contribution in [-0.2, 0) is 0 Å². The lowest BCUT2D eigenvalue weighted by Gasteiger charge is -2.15. The Kier molecular flexibility index (Phi) is 8.34. The van der Waals surface area contributed by atoms with Gasteiger partial charge in [-0.1, -0.05) is 182 Å². The van der Waals surface area contributed by atoms with E-state index in [0.717, 1.165) is 56.2 Å². The Bertz CT molecular complexity index is 1590. The zero-order chi connectivity index (χ0) is 28.4. The van der Waals surface area contributed by atoms with Crippen LogP contribution in [0.2, 0.25) is 0 Å². The molecular formula is C40H30N2. The van der Waals surface area contributed by atoms with Crippen molar-refractivity contribution in [1.82, 2.24) is 0 Å². The van der Waals surface area contributed by atoms with E-state index in [1.807, 2.05) is 36.4 Å². The topological polar surface area (TPSA) is 24.7 Å². The fraction of sp³-hybridized carbons (Fsp3) is 0. The Balaban J connectivity index is 1.72. The van der Waals surface area contributed by atoms with Gasteiger partial charge in [0.05, 0.1) is 22.8 Å². The van der Waals surface area contributed by atoms with Crippen molar-refractivity contribution >= 4 is 22.8 Å². The summed E-state index contributed by atoms with van der Waals surface area (Å²) in [5.74, 6) is 0. The molecule has 200 valence electrons. The van der Waals surface area contributed by atoms with Gasteiger partial charge in [-0.2, -0.15) is 0 Å². The number of benzene rings is 6. The summed E-state index contributed by atoms with van der Waals surface area (Å²) in [6.45, 7) is 0. The first-order valence-electron chi connectivity index (χ1n) is 14.1. The maximum Gasteiger partial charge on any atom is 0.0972 e. The minimum Gasteiger partial charge on any atom is -0.245 e. The van der Waals surface area contributed by atoms with E-state index < -0.39 is 0 Å². The zero-order valence-corrected chi connectivity index (χ0v) is 23.2. The molecule has 0 bridgehead atoms. The molecule has 0 unspecified atom stereocenters. The van der Waals surface area contributed by atoms with Crippen LogP contribution in [0.15, 0.2) is 192 Å². The van der Waals surface area contributed by atoms with Crippen LogP contribution in [0.5, 0.6) is 0 Å². The molecule has 0 heterocycles. The van der Waals surface area contributed by atoms with Crippen molar-refractivity contribution in [3.8, 4) is 0 Å². The molecule has 6 rings (SSSR count). The second-order valence-electron chi connectivity index (χ2n) is 9.81. The first-order chi connectivity index (χ1) is 20.9. The first kappa shape index (κ1) is 26.6. The van der Waals surface area contributed by atoms with Crippen molar-refractivity contribution in [3.05, 3.63) is 215 Å². The second kappa shape index (κ2) is 13.2. The Labute approximate surface area is 247 Å². The van der Waals surface area contributed by atoms with E-state index in [1.54, 1.807) is 0 Å². The third kappa shape index (κ3) is 6.24. The van der Waals surface area contributed by atoms with Gasteiger partial charge >= 0.3 is 0 Å². The summed E-state index contributed by atoms with van der Waals surface area (Å²) in [6, 6.07) is 62.2. The lowest BCUT2D eigenvalue weighted by atomic mass is 9.99. The van der Waals surface area contributed by atoms with Crippen LogP contribution in [0, 0.1) is 0 Å². The third-order valence-corrected chi connectivity index (χ3v) is 6.95. The molecule has 0 saturated carbocycles. The van der Waals surface area contributed by atoms with Gasteiger partial charge in [-0.3, -0.25) is 0 Å². The van der Waals surface area contributed by atoms with Crippen molar-refractivity contribution in [1.29, 1.82) is 0 Å². The normalized spacial score (nSPS) is 11.2. The lowest BCUT2D eigenvalue weighted by molar-refractivity contribution is 1.41. The van der Waals surface area contributed by atoms with Gasteiger partial charge in [-0.05, 0) is 0 Å². The first-order valence-corrected chi connectivity index (χ1v) is 14.1. The predicted octanol–water partition coefficient (Wildman–Crippen LogP) is 9.59. The highest BCUT2D eigenvalue weighted by Crippen LogP contribution is 2.32. The Morgan fingerprint density at radius 2 is 0.429 bits per heavy atom. The molecule has 0 radical (unpaired) electrons. The van der Waals surface area contributed by atoms with Crippen molar-refractivity contribution in [2.75, 3.05) is 0 Å². The quantitative estimate of drug-likeness (QED) is 0.136. The lowest BCUT2D eigenvalue weighted by Crippen LogP contribution is -2.06. The van der Waals surface area contributed by atoms with Crippen LogP contribution in [0.1, 0.15) is 33.4 Å². The monoisotopic (exact) mass is 538 g/mol. The summed E-state index contributed by atoms with van der Waals surface area (Å²) in [4.78, 5) is 11.0. The van der Waals surface area contributed by atoms with Crippen LogP contribution in [0.4, 0.5) is 0 Å². The molecule has 0 fully saturated rings. The fourth-order valence-electron chi connectivity index (χ4n) is 4.90. The van der Waals surface area contributed by atoms with E-state index >= 15 is 0 Å². The smallest absolute Gasteiger partial charge is 0.0972 e. The standard InChI is InChI=1S/C40H30N2/c1-7-19-31(20-8-1)37(32-21-9-2-10-22-32)41-39(35-27-15-5-16-28-35)40(36-29-17-6-18-30-36)42-38(33-23-11-3-12-24-33)34-25-13-4-14-26-34/h1-30H/b40-39+. The SMILES string of the molecule is c1ccc(C(=N/C(=C(/N=C(c2ccccc2)c2ccccc2)c2ccccc2)c2ccccc2)c2ccccc2)cc1. The summed E-state index contributed by atoms with van der Waals surface area (Å²) < 4.78 is 0. The van der Waals surface area contributed by atoms with Crippen LogP contribution >= 0.6 is 0 Å². The molecule has 2 nitrogen and oxygen atoms in total. The van der Waals surface area contributed by atoms with Gasteiger partial charge in [-0.25, -0.2) is 9.98 Å².